The van der Waals surface area contributed by atoms with Crippen LogP contribution in [-0.2, 0) is 0 Å². The largest absolute Gasteiger partial charge is 1.00 e. The van der Waals surface area contributed by atoms with Gasteiger partial charge in [0.25, 0.3) is 0 Å². The van der Waals surface area contributed by atoms with Gasteiger partial charge in [0.1, 0.15) is 0 Å². The zero-order valence-corrected chi connectivity index (χ0v) is 11.0. The maximum Gasteiger partial charge on any atom is 1.00 e. The van der Waals surface area contributed by atoms with E-state index in [-0.39, 0.29) is 35.5 Å². The smallest absolute Gasteiger partial charge is 0.824 e. The first kappa shape index (κ1) is 15.7. The van der Waals surface area contributed by atoms with Gasteiger partial charge in [-0.3, -0.25) is 5.21 Å². The van der Waals surface area contributed by atoms with Gasteiger partial charge in [-0.2, -0.15) is 0 Å². The molecule has 4 heteroatoms. The fourth-order valence-corrected chi connectivity index (χ4v) is 1.07. The van der Waals surface area contributed by atoms with Crippen molar-refractivity contribution in [3.8, 4) is 0 Å². The Kier molecular flexibility index (Phi) is 12.5. The molecule has 0 bridgehead atoms. The molecule has 0 saturated carbocycles. The van der Waals surface area contributed by atoms with E-state index in [0.717, 1.165) is 18.8 Å². The van der Waals surface area contributed by atoms with E-state index in [1.165, 1.54) is 12.8 Å². The normalized spacial score (nSPS) is 11.5. The quantitative estimate of drug-likeness (QED) is 0.118. The van der Waals surface area contributed by atoms with Gasteiger partial charge in [-0.05, 0) is 12.3 Å². The van der Waals surface area contributed by atoms with E-state index in [4.69, 9.17) is 5.21 Å². The SMILES string of the molecule is CC(C)CCCCCC([O-])=[NH+]O.[Na+]. The molecule has 2 N–H and O–H groups in total. The number of unbranched alkanes of at least 4 members (excludes halogenated alkanes) is 2. The molecule has 0 aromatic carbocycles. The van der Waals surface area contributed by atoms with Gasteiger partial charge >= 0.3 is 29.6 Å². The maximum absolute atomic E-state index is 10.5. The third kappa shape index (κ3) is 12.3. The molecule has 0 fully saturated rings. The molecule has 0 aliphatic heterocycles. The average Bonchev–Trinajstić information content (AvgIpc) is 2.03. The molecule has 0 aliphatic rings. The van der Waals surface area contributed by atoms with E-state index in [2.05, 4.69) is 13.8 Å². The molecule has 0 rings (SSSR count). The van der Waals surface area contributed by atoms with E-state index in [1.807, 2.05) is 0 Å². The summed E-state index contributed by atoms with van der Waals surface area (Å²) in [7, 11) is 0. The third-order valence-electron chi connectivity index (χ3n) is 1.81. The Bertz CT molecular complexity index is 138. The van der Waals surface area contributed by atoms with Gasteiger partial charge in [0, 0.05) is 6.42 Å². The topological polar surface area (TPSA) is 57.3 Å². The van der Waals surface area contributed by atoms with Crippen molar-refractivity contribution in [2.24, 2.45) is 5.92 Å². The fraction of sp³-hybridized carbons (Fsp3) is 0.889. The molecule has 0 aliphatic carbocycles. The summed E-state index contributed by atoms with van der Waals surface area (Å²) in [5.41, 5.74) is 0. The molecule has 13 heavy (non-hydrogen) atoms. The summed E-state index contributed by atoms with van der Waals surface area (Å²) in [5, 5.41) is 20.4. The summed E-state index contributed by atoms with van der Waals surface area (Å²) in [4.78, 5) is 0. The minimum Gasteiger partial charge on any atom is -0.824 e. The van der Waals surface area contributed by atoms with Crippen molar-refractivity contribution in [2.45, 2.75) is 46.0 Å². The number of nitrogens with one attached hydrogen (secondary N) is 1. The number of hydrogen-bond donors (Lipinski definition) is 2. The Balaban J connectivity index is 0. The van der Waals surface area contributed by atoms with E-state index in [1.54, 1.807) is 5.16 Å². The summed E-state index contributed by atoms with van der Waals surface area (Å²) in [6, 6.07) is 0. The van der Waals surface area contributed by atoms with Crippen LogP contribution >= 0.6 is 0 Å². The standard InChI is InChI=1S/C9H19NO2.Na/c1-8(2)6-4-3-5-7-9(11)10-12;/h8,12H,3-7H2,1-2H3,(H,10,11);/q;+1. The van der Waals surface area contributed by atoms with Crippen molar-refractivity contribution in [1.82, 2.24) is 0 Å². The van der Waals surface area contributed by atoms with E-state index in [9.17, 15) is 5.11 Å². The first-order chi connectivity index (χ1) is 5.66. The summed E-state index contributed by atoms with van der Waals surface area (Å²) >= 11 is 0. The molecule has 3 nitrogen and oxygen atoms in total. The number of rotatable bonds is 6. The van der Waals surface area contributed by atoms with Crippen LogP contribution in [0.25, 0.3) is 0 Å². The molecule has 0 unspecified atom stereocenters. The van der Waals surface area contributed by atoms with E-state index < -0.39 is 0 Å². The van der Waals surface area contributed by atoms with Gasteiger partial charge < -0.3 is 5.11 Å². The molecule has 0 aromatic rings. The number of hydrogen-bond acceptors (Lipinski definition) is 2. The summed E-state index contributed by atoms with van der Waals surface area (Å²) in [6.45, 7) is 4.39. The second-order valence-corrected chi connectivity index (χ2v) is 3.53. The average molecular weight is 196 g/mol. The van der Waals surface area contributed by atoms with Crippen LogP contribution in [0.1, 0.15) is 46.0 Å². The van der Waals surface area contributed by atoms with E-state index >= 15 is 0 Å². The van der Waals surface area contributed by atoms with Gasteiger partial charge in [0.15, 0.2) is 5.90 Å². The Labute approximate surface area is 103 Å². The predicted octanol–water partition coefficient (Wildman–Crippen LogP) is -3.17. The van der Waals surface area contributed by atoms with Crippen LogP contribution in [0.5, 0.6) is 0 Å². The van der Waals surface area contributed by atoms with Crippen molar-refractivity contribution >= 4 is 5.90 Å². The second kappa shape index (κ2) is 10.4. The van der Waals surface area contributed by atoms with Gasteiger partial charge in [0.05, 0.1) is 0 Å². The second-order valence-electron chi connectivity index (χ2n) is 3.53. The Hall–Kier alpha value is 0.270. The minimum atomic E-state index is -0.278. The Morgan fingerprint density at radius 2 is 1.92 bits per heavy atom. The molecule has 0 atom stereocenters. The molecule has 0 aromatic heterocycles. The van der Waals surface area contributed by atoms with Gasteiger partial charge in [-0.15, -0.1) is 0 Å². The van der Waals surface area contributed by atoms with Crippen molar-refractivity contribution in [2.75, 3.05) is 0 Å². The summed E-state index contributed by atoms with van der Waals surface area (Å²) < 4.78 is 0. The van der Waals surface area contributed by atoms with E-state index in [0.29, 0.717) is 6.42 Å². The molecular formula is C9H19NNaO2+. The van der Waals surface area contributed by atoms with Crippen LogP contribution in [-0.4, -0.2) is 11.1 Å². The molecule has 0 amide bonds. The summed E-state index contributed by atoms with van der Waals surface area (Å²) in [5.74, 6) is 0.469. The molecule has 0 radical (unpaired) electrons. The van der Waals surface area contributed by atoms with Crippen LogP contribution < -0.4 is 39.8 Å². The monoisotopic (exact) mass is 196 g/mol. The van der Waals surface area contributed by atoms with Crippen molar-refractivity contribution in [3.63, 3.8) is 0 Å². The fourth-order valence-electron chi connectivity index (χ4n) is 1.07. The molecule has 0 heterocycles. The van der Waals surface area contributed by atoms with Crippen LogP contribution in [0.15, 0.2) is 0 Å². The van der Waals surface area contributed by atoms with Crippen LogP contribution in [0.4, 0.5) is 0 Å². The zero-order chi connectivity index (χ0) is 9.40. The Morgan fingerprint density at radius 1 is 1.31 bits per heavy atom. The van der Waals surface area contributed by atoms with Crippen molar-refractivity contribution in [3.05, 3.63) is 0 Å². The molecular weight excluding hydrogens is 177 g/mol. The molecule has 0 saturated heterocycles. The maximum atomic E-state index is 10.5. The molecule has 0 spiro atoms. The van der Waals surface area contributed by atoms with Gasteiger partial charge in [-0.1, -0.05) is 38.3 Å². The van der Waals surface area contributed by atoms with Crippen LogP contribution in [0, 0.1) is 5.92 Å². The van der Waals surface area contributed by atoms with Gasteiger partial charge in [-0.25, -0.2) is 0 Å². The van der Waals surface area contributed by atoms with Crippen molar-refractivity contribution < 1.29 is 45.0 Å². The molecule has 72 valence electrons. The van der Waals surface area contributed by atoms with Gasteiger partial charge in [0.2, 0.25) is 0 Å². The minimum absolute atomic E-state index is 0. The third-order valence-corrected chi connectivity index (χ3v) is 1.81. The first-order valence-corrected chi connectivity index (χ1v) is 4.59. The summed E-state index contributed by atoms with van der Waals surface area (Å²) in [6.07, 6.45) is 4.79. The zero-order valence-electron chi connectivity index (χ0n) is 8.97. The first-order valence-electron chi connectivity index (χ1n) is 4.59. The Morgan fingerprint density at radius 3 is 2.38 bits per heavy atom. The van der Waals surface area contributed by atoms with Crippen molar-refractivity contribution in [1.29, 1.82) is 0 Å². The van der Waals surface area contributed by atoms with Crippen LogP contribution in [0.3, 0.4) is 0 Å². The van der Waals surface area contributed by atoms with Crippen LogP contribution in [0.2, 0.25) is 0 Å². The predicted molar refractivity (Wildman–Crippen MR) is 45.7 cm³/mol.